The molecule has 2 amide bonds. The molecule has 0 saturated heterocycles. The van der Waals surface area contributed by atoms with E-state index >= 15 is 0 Å². The normalized spacial score (nSPS) is 13.3. The maximum absolute atomic E-state index is 13.3. The number of ether oxygens (including phenoxy) is 3. The lowest BCUT2D eigenvalue weighted by atomic mass is 10.1. The molecule has 0 aliphatic rings. The highest BCUT2D eigenvalue weighted by Gasteiger charge is 2.29. The minimum absolute atomic E-state index is 0.245. The Morgan fingerprint density at radius 1 is 1.00 bits per heavy atom. The lowest BCUT2D eigenvalue weighted by Crippen LogP contribution is -2.41. The maximum Gasteiger partial charge on any atom is 0.409 e. The Hall–Kier alpha value is -3.00. The molecule has 4 N–H and O–H groups in total. The number of aromatic nitrogens is 4. The van der Waals surface area contributed by atoms with E-state index in [0.29, 0.717) is 11.2 Å². The van der Waals surface area contributed by atoms with Crippen LogP contribution in [0, 0.1) is 0 Å². The van der Waals surface area contributed by atoms with Crippen LogP contribution in [0.25, 0.3) is 11.2 Å². The molecule has 0 unspecified atom stereocenters. The summed E-state index contributed by atoms with van der Waals surface area (Å²) in [7, 11) is -4.04. The lowest BCUT2D eigenvalue weighted by Gasteiger charge is -2.23. The van der Waals surface area contributed by atoms with E-state index < -0.39 is 56.9 Å². The molecule has 0 bridgehead atoms. The fraction of sp³-hybridized carbons (Fsp3) is 0.667. The fourth-order valence-corrected chi connectivity index (χ4v) is 3.78. The van der Waals surface area contributed by atoms with Crippen molar-refractivity contribution in [3.8, 4) is 0 Å². The Balaban J connectivity index is 1.98. The molecule has 208 valence electrons. The molecule has 2 heterocycles. The molecule has 0 aliphatic carbocycles. The van der Waals surface area contributed by atoms with Crippen LogP contribution in [-0.2, 0) is 34.4 Å². The standard InChI is InChI=1S/C21H36N7O8P/c1-14(8-28-10-25-15-16(22)23-9-24-17(15)28)34-13-37(31,35-11-32-18(29)26-20(2,3)4)36-12-33-19(30)27-21(5,6)7/h9-10,14H,8,11-13H2,1-7H3,(H,26,29)(H,27,30)(H2,22,23,24)/t14-/m1/s1. The molecule has 16 heteroatoms. The van der Waals surface area contributed by atoms with Crippen molar-refractivity contribution in [2.24, 2.45) is 0 Å². The van der Waals surface area contributed by atoms with E-state index in [1.165, 1.54) is 12.7 Å². The van der Waals surface area contributed by atoms with Crippen molar-refractivity contribution in [3.05, 3.63) is 12.7 Å². The number of nitrogens with two attached hydrogens (primary N) is 1. The van der Waals surface area contributed by atoms with Crippen LogP contribution >= 0.6 is 7.60 Å². The SMILES string of the molecule is C[C@H](Cn1cnc2c(N)ncnc21)OCP(=O)(OCOC(=O)NC(C)(C)C)OCOC(=O)NC(C)(C)C. The molecule has 15 nitrogen and oxygen atoms in total. The van der Waals surface area contributed by atoms with Gasteiger partial charge in [0.1, 0.15) is 18.2 Å². The number of alkyl carbamates (subject to hydrolysis) is 2. The van der Waals surface area contributed by atoms with Gasteiger partial charge in [0.15, 0.2) is 11.5 Å². The number of hydrogen-bond donors (Lipinski definition) is 3. The molecular formula is C21H36N7O8P. The number of nitrogens with zero attached hydrogens (tertiary/aromatic N) is 4. The number of carbonyl (C=O) groups is 2. The summed E-state index contributed by atoms with van der Waals surface area (Å²) < 4.78 is 40.9. The number of nitrogen functional groups attached to an aromatic ring is 1. The molecule has 0 saturated carbocycles. The van der Waals surface area contributed by atoms with E-state index in [1.807, 2.05) is 0 Å². The first kappa shape index (κ1) is 30.2. The smallest absolute Gasteiger partial charge is 0.409 e. The second kappa shape index (κ2) is 12.5. The Labute approximate surface area is 215 Å². The van der Waals surface area contributed by atoms with Gasteiger partial charge in [-0.15, -0.1) is 0 Å². The van der Waals surface area contributed by atoms with Crippen molar-refractivity contribution >= 4 is 36.8 Å². The number of carbonyl (C=O) groups excluding carboxylic acids is 2. The van der Waals surface area contributed by atoms with Crippen LogP contribution < -0.4 is 16.4 Å². The first-order valence-electron chi connectivity index (χ1n) is 11.4. The van der Waals surface area contributed by atoms with Crippen LogP contribution in [0.15, 0.2) is 12.7 Å². The van der Waals surface area contributed by atoms with E-state index in [-0.39, 0.29) is 12.4 Å². The zero-order chi connectivity index (χ0) is 27.9. The summed E-state index contributed by atoms with van der Waals surface area (Å²) in [5.41, 5.74) is 5.68. The molecule has 2 rings (SSSR count). The van der Waals surface area contributed by atoms with E-state index in [9.17, 15) is 14.2 Å². The number of imidazole rings is 1. The summed E-state index contributed by atoms with van der Waals surface area (Å²) in [6.45, 7) is 11.2. The van der Waals surface area contributed by atoms with E-state index in [1.54, 1.807) is 53.0 Å². The molecule has 2 aromatic heterocycles. The summed E-state index contributed by atoms with van der Waals surface area (Å²) in [4.78, 5) is 36.0. The average molecular weight is 546 g/mol. The molecule has 0 fully saturated rings. The minimum Gasteiger partial charge on any atom is -0.422 e. The van der Waals surface area contributed by atoms with Gasteiger partial charge in [0, 0.05) is 11.1 Å². The van der Waals surface area contributed by atoms with Crippen LogP contribution in [0.4, 0.5) is 15.4 Å². The van der Waals surface area contributed by atoms with Gasteiger partial charge in [-0.3, -0.25) is 13.6 Å². The largest absolute Gasteiger partial charge is 0.422 e. The van der Waals surface area contributed by atoms with Gasteiger partial charge >= 0.3 is 19.8 Å². The first-order valence-corrected chi connectivity index (χ1v) is 13.1. The first-order chi connectivity index (χ1) is 17.1. The number of fused-ring (bicyclic) bond motifs is 1. The molecule has 2 aromatic rings. The number of anilines is 1. The van der Waals surface area contributed by atoms with E-state index in [4.69, 9.17) is 29.0 Å². The van der Waals surface area contributed by atoms with Gasteiger partial charge in [-0.1, -0.05) is 0 Å². The Bertz CT molecular complexity index is 1070. The Morgan fingerprint density at radius 3 is 2.05 bits per heavy atom. The second-order valence-corrected chi connectivity index (χ2v) is 12.1. The van der Waals surface area contributed by atoms with Gasteiger partial charge in [0.05, 0.1) is 19.0 Å². The van der Waals surface area contributed by atoms with Gasteiger partial charge < -0.3 is 35.1 Å². The van der Waals surface area contributed by atoms with Crippen molar-refractivity contribution in [3.63, 3.8) is 0 Å². The predicted molar refractivity (Wildman–Crippen MR) is 133 cm³/mol. The molecule has 0 aliphatic heterocycles. The summed E-state index contributed by atoms with van der Waals surface area (Å²) >= 11 is 0. The van der Waals surface area contributed by atoms with E-state index in [0.717, 1.165) is 0 Å². The van der Waals surface area contributed by atoms with Gasteiger partial charge in [-0.2, -0.15) is 0 Å². The number of rotatable bonds is 11. The molecule has 0 aromatic carbocycles. The molecule has 0 spiro atoms. The lowest BCUT2D eigenvalue weighted by molar-refractivity contribution is -0.000113. The summed E-state index contributed by atoms with van der Waals surface area (Å²) in [5, 5.41) is 5.14. The highest BCUT2D eigenvalue weighted by Crippen LogP contribution is 2.48. The Kier molecular flexibility index (Phi) is 10.2. The number of hydrogen-bond acceptors (Lipinski definition) is 12. The second-order valence-electron chi connectivity index (χ2n) is 10.2. The summed E-state index contributed by atoms with van der Waals surface area (Å²) in [6.07, 6.45) is 0.273. The van der Waals surface area contributed by atoms with Crippen LogP contribution in [0.3, 0.4) is 0 Å². The molecule has 0 radical (unpaired) electrons. The van der Waals surface area contributed by atoms with E-state index in [2.05, 4.69) is 25.6 Å². The predicted octanol–water partition coefficient (Wildman–Crippen LogP) is 2.96. The molecule has 37 heavy (non-hydrogen) atoms. The molecule has 1 atom stereocenters. The quantitative estimate of drug-likeness (QED) is 0.277. The van der Waals surface area contributed by atoms with Crippen LogP contribution in [-0.4, -0.2) is 68.8 Å². The van der Waals surface area contributed by atoms with Crippen molar-refractivity contribution in [2.75, 3.05) is 25.7 Å². The van der Waals surface area contributed by atoms with Gasteiger partial charge in [-0.25, -0.2) is 24.5 Å². The Morgan fingerprint density at radius 2 is 1.54 bits per heavy atom. The third-order valence-electron chi connectivity index (χ3n) is 4.23. The van der Waals surface area contributed by atoms with Crippen molar-refractivity contribution in [1.82, 2.24) is 30.2 Å². The summed E-state index contributed by atoms with van der Waals surface area (Å²) in [6, 6.07) is 0. The van der Waals surface area contributed by atoms with Crippen LogP contribution in [0.2, 0.25) is 0 Å². The van der Waals surface area contributed by atoms with Gasteiger partial charge in [-0.05, 0) is 48.5 Å². The third-order valence-corrected chi connectivity index (χ3v) is 5.70. The maximum atomic E-state index is 13.3. The highest BCUT2D eigenvalue weighted by molar-refractivity contribution is 7.53. The van der Waals surface area contributed by atoms with Gasteiger partial charge in [0.2, 0.25) is 13.6 Å². The zero-order valence-corrected chi connectivity index (χ0v) is 23.0. The van der Waals surface area contributed by atoms with Crippen molar-refractivity contribution < 1.29 is 37.4 Å². The van der Waals surface area contributed by atoms with Crippen molar-refractivity contribution in [1.29, 1.82) is 0 Å². The zero-order valence-electron chi connectivity index (χ0n) is 22.1. The third kappa shape index (κ3) is 10.9. The van der Waals surface area contributed by atoms with Crippen LogP contribution in [0.5, 0.6) is 0 Å². The molecular weight excluding hydrogens is 509 g/mol. The van der Waals surface area contributed by atoms with Crippen LogP contribution in [0.1, 0.15) is 48.5 Å². The number of nitrogens with one attached hydrogen (secondary N) is 2. The van der Waals surface area contributed by atoms with Crippen molar-refractivity contribution in [2.45, 2.75) is 72.2 Å². The number of amides is 2. The monoisotopic (exact) mass is 545 g/mol. The topological polar surface area (TPSA) is 191 Å². The minimum atomic E-state index is -4.04. The highest BCUT2D eigenvalue weighted by atomic mass is 31.2. The van der Waals surface area contributed by atoms with Gasteiger partial charge in [0.25, 0.3) is 0 Å². The summed E-state index contributed by atoms with van der Waals surface area (Å²) in [5.74, 6) is 0.245. The fourth-order valence-electron chi connectivity index (χ4n) is 2.70. The average Bonchev–Trinajstić information content (AvgIpc) is 3.14.